The summed E-state index contributed by atoms with van der Waals surface area (Å²) < 4.78 is 0.762. The first-order valence-corrected chi connectivity index (χ1v) is 8.65. The summed E-state index contributed by atoms with van der Waals surface area (Å²) in [5, 5.41) is 11.5. The quantitative estimate of drug-likeness (QED) is 0.680. The second-order valence-corrected chi connectivity index (χ2v) is 7.22. The minimum Gasteiger partial charge on any atom is -0.481 e. The summed E-state index contributed by atoms with van der Waals surface area (Å²) in [6, 6.07) is 3.82. The van der Waals surface area contributed by atoms with Crippen LogP contribution in [0.2, 0.25) is 4.34 Å². The average Bonchev–Trinajstić information content (AvgIpc) is 2.80. The van der Waals surface area contributed by atoms with Crippen LogP contribution in [-0.4, -0.2) is 29.3 Å². The molecule has 1 amide bonds. The van der Waals surface area contributed by atoms with Gasteiger partial charge < -0.3 is 10.4 Å². The first kappa shape index (κ1) is 17.3. The number of carboxylic acid groups (broad SMARTS) is 1. The summed E-state index contributed by atoms with van der Waals surface area (Å²) in [7, 11) is 0. The summed E-state index contributed by atoms with van der Waals surface area (Å²) in [5.41, 5.74) is 0. The van der Waals surface area contributed by atoms with Gasteiger partial charge in [0.1, 0.15) is 0 Å². The van der Waals surface area contributed by atoms with Crippen molar-refractivity contribution in [2.75, 3.05) is 12.3 Å². The third kappa shape index (κ3) is 7.17. The molecule has 112 valence electrons. The van der Waals surface area contributed by atoms with Crippen LogP contribution in [0.5, 0.6) is 0 Å². The molecule has 1 rings (SSSR count). The van der Waals surface area contributed by atoms with Crippen molar-refractivity contribution in [1.29, 1.82) is 0 Å². The minimum absolute atomic E-state index is 0.0133. The van der Waals surface area contributed by atoms with Crippen molar-refractivity contribution in [3.05, 3.63) is 21.3 Å². The van der Waals surface area contributed by atoms with E-state index in [1.54, 1.807) is 18.7 Å². The Labute approximate surface area is 131 Å². The van der Waals surface area contributed by atoms with E-state index in [1.807, 2.05) is 12.1 Å². The Bertz CT molecular complexity index is 451. The molecule has 0 aromatic carbocycles. The molecule has 7 heteroatoms. The molecule has 0 fully saturated rings. The van der Waals surface area contributed by atoms with Crippen LogP contribution in [0, 0.1) is 5.92 Å². The van der Waals surface area contributed by atoms with E-state index in [9.17, 15) is 9.59 Å². The molecule has 0 radical (unpaired) electrons. The van der Waals surface area contributed by atoms with Crippen LogP contribution < -0.4 is 5.32 Å². The molecule has 2 N–H and O–H groups in total. The molecule has 1 atom stereocenters. The van der Waals surface area contributed by atoms with Gasteiger partial charge in [-0.05, 0) is 25.0 Å². The van der Waals surface area contributed by atoms with Crippen molar-refractivity contribution < 1.29 is 14.7 Å². The van der Waals surface area contributed by atoms with Crippen molar-refractivity contribution in [2.45, 2.75) is 25.5 Å². The van der Waals surface area contributed by atoms with Gasteiger partial charge in [0, 0.05) is 17.2 Å². The second-order valence-electron chi connectivity index (χ2n) is 4.43. The summed E-state index contributed by atoms with van der Waals surface area (Å²) in [6.07, 6.45) is 1.26. The van der Waals surface area contributed by atoms with E-state index in [1.165, 1.54) is 11.3 Å². The average molecular weight is 336 g/mol. The molecular formula is C13H18ClNO3S2. The van der Waals surface area contributed by atoms with Gasteiger partial charge in [0.25, 0.3) is 0 Å². The third-order valence-electron chi connectivity index (χ3n) is 2.66. The van der Waals surface area contributed by atoms with E-state index >= 15 is 0 Å². The van der Waals surface area contributed by atoms with Crippen molar-refractivity contribution in [3.63, 3.8) is 0 Å². The predicted octanol–water partition coefficient (Wildman–Crippen LogP) is 3.25. The maximum atomic E-state index is 11.5. The SMILES string of the molecule is CC(CCCNC(=O)CSCc1ccc(Cl)s1)C(=O)O. The minimum atomic E-state index is -0.790. The van der Waals surface area contributed by atoms with Crippen LogP contribution in [0.3, 0.4) is 0 Å². The Hall–Kier alpha value is -0.720. The Kier molecular flexibility index (Phi) is 8.02. The molecule has 0 spiro atoms. The van der Waals surface area contributed by atoms with Crippen LogP contribution in [0.4, 0.5) is 0 Å². The Morgan fingerprint density at radius 3 is 2.85 bits per heavy atom. The van der Waals surface area contributed by atoms with Gasteiger partial charge in [-0.2, -0.15) is 0 Å². The Morgan fingerprint density at radius 1 is 1.50 bits per heavy atom. The molecule has 20 heavy (non-hydrogen) atoms. The van der Waals surface area contributed by atoms with E-state index in [2.05, 4.69) is 5.32 Å². The molecule has 1 aromatic heterocycles. The highest BCUT2D eigenvalue weighted by atomic mass is 35.5. The van der Waals surface area contributed by atoms with E-state index in [-0.39, 0.29) is 11.8 Å². The number of nitrogens with one attached hydrogen (secondary N) is 1. The molecule has 0 aliphatic heterocycles. The summed E-state index contributed by atoms with van der Waals surface area (Å²) in [4.78, 5) is 23.3. The van der Waals surface area contributed by atoms with Crippen LogP contribution in [0.1, 0.15) is 24.6 Å². The molecule has 1 aromatic rings. The van der Waals surface area contributed by atoms with Crippen LogP contribution in [0.25, 0.3) is 0 Å². The number of carbonyl (C=O) groups is 2. The smallest absolute Gasteiger partial charge is 0.306 e. The Balaban J connectivity index is 2.04. The number of amides is 1. The predicted molar refractivity (Wildman–Crippen MR) is 84.5 cm³/mol. The molecule has 0 saturated carbocycles. The lowest BCUT2D eigenvalue weighted by Crippen LogP contribution is -2.26. The van der Waals surface area contributed by atoms with Gasteiger partial charge >= 0.3 is 5.97 Å². The Morgan fingerprint density at radius 2 is 2.25 bits per heavy atom. The number of hydrogen-bond acceptors (Lipinski definition) is 4. The summed E-state index contributed by atoms with van der Waals surface area (Å²) in [5.74, 6) is 0.0252. The topological polar surface area (TPSA) is 66.4 Å². The van der Waals surface area contributed by atoms with Gasteiger partial charge in [-0.1, -0.05) is 18.5 Å². The molecule has 1 unspecified atom stereocenters. The van der Waals surface area contributed by atoms with Crippen molar-refractivity contribution in [2.24, 2.45) is 5.92 Å². The molecule has 1 heterocycles. The normalized spacial score (nSPS) is 12.1. The highest BCUT2D eigenvalue weighted by molar-refractivity contribution is 7.99. The number of thiophene rings is 1. The zero-order valence-electron chi connectivity index (χ0n) is 11.2. The highest BCUT2D eigenvalue weighted by Crippen LogP contribution is 2.24. The van der Waals surface area contributed by atoms with Gasteiger partial charge in [0.15, 0.2) is 0 Å². The van der Waals surface area contributed by atoms with E-state index in [4.69, 9.17) is 16.7 Å². The zero-order chi connectivity index (χ0) is 15.0. The number of carboxylic acids is 1. The van der Waals surface area contributed by atoms with Crippen molar-refractivity contribution >= 4 is 46.6 Å². The molecule has 0 aliphatic rings. The molecule has 0 aliphatic carbocycles. The fourth-order valence-electron chi connectivity index (χ4n) is 1.48. The lowest BCUT2D eigenvalue weighted by Gasteiger charge is -2.07. The number of carbonyl (C=O) groups excluding carboxylic acids is 1. The number of hydrogen-bond donors (Lipinski definition) is 2. The van der Waals surface area contributed by atoms with E-state index < -0.39 is 5.97 Å². The van der Waals surface area contributed by atoms with Gasteiger partial charge in [0.2, 0.25) is 5.91 Å². The number of halogens is 1. The maximum Gasteiger partial charge on any atom is 0.306 e. The molecular weight excluding hydrogens is 318 g/mol. The van der Waals surface area contributed by atoms with Gasteiger partial charge in [-0.15, -0.1) is 23.1 Å². The summed E-state index contributed by atoms with van der Waals surface area (Å²) >= 11 is 8.89. The molecule has 0 bridgehead atoms. The number of aliphatic carboxylic acids is 1. The van der Waals surface area contributed by atoms with Crippen LogP contribution >= 0.6 is 34.7 Å². The zero-order valence-corrected chi connectivity index (χ0v) is 13.6. The summed E-state index contributed by atoms with van der Waals surface area (Å²) in [6.45, 7) is 2.20. The highest BCUT2D eigenvalue weighted by Gasteiger charge is 2.10. The van der Waals surface area contributed by atoms with Crippen molar-refractivity contribution in [3.8, 4) is 0 Å². The van der Waals surface area contributed by atoms with E-state index in [0.29, 0.717) is 25.1 Å². The van der Waals surface area contributed by atoms with Crippen LogP contribution in [-0.2, 0) is 15.3 Å². The fourth-order valence-corrected chi connectivity index (χ4v) is 3.54. The first-order chi connectivity index (χ1) is 9.49. The van der Waals surface area contributed by atoms with Crippen molar-refractivity contribution in [1.82, 2.24) is 5.32 Å². The third-order valence-corrected chi connectivity index (χ3v) is 5.06. The van der Waals surface area contributed by atoms with Gasteiger partial charge in [-0.3, -0.25) is 9.59 Å². The largest absolute Gasteiger partial charge is 0.481 e. The van der Waals surface area contributed by atoms with Gasteiger partial charge in [0.05, 0.1) is 16.0 Å². The lowest BCUT2D eigenvalue weighted by molar-refractivity contribution is -0.141. The maximum absolute atomic E-state index is 11.5. The first-order valence-electron chi connectivity index (χ1n) is 6.30. The molecule has 4 nitrogen and oxygen atoms in total. The fraction of sp³-hybridized carbons (Fsp3) is 0.538. The standard InChI is InChI=1S/C13H18ClNO3S2/c1-9(13(17)18)3-2-6-15-12(16)8-19-7-10-4-5-11(14)20-10/h4-5,9H,2-3,6-8H2,1H3,(H,15,16)(H,17,18). The molecule has 0 saturated heterocycles. The van der Waals surface area contributed by atoms with Gasteiger partial charge in [-0.25, -0.2) is 0 Å². The lowest BCUT2D eigenvalue weighted by atomic mass is 10.1. The second kappa shape index (κ2) is 9.26. The monoisotopic (exact) mass is 335 g/mol. The number of rotatable bonds is 9. The number of thioether (sulfide) groups is 1. The van der Waals surface area contributed by atoms with Crippen LogP contribution in [0.15, 0.2) is 12.1 Å². The van der Waals surface area contributed by atoms with E-state index in [0.717, 1.165) is 15.0 Å².